The number of carbonyl (C=O) groups is 1. The van der Waals surface area contributed by atoms with Crippen LogP contribution in [0.25, 0.3) is 22.2 Å². The summed E-state index contributed by atoms with van der Waals surface area (Å²) in [5, 5.41) is 4.54. The maximum Gasteiger partial charge on any atom is 0.261 e. The van der Waals surface area contributed by atoms with Gasteiger partial charge in [0.1, 0.15) is 5.82 Å². The van der Waals surface area contributed by atoms with E-state index in [0.29, 0.717) is 33.2 Å². The quantitative estimate of drug-likeness (QED) is 0.505. The molecule has 4 aromatic rings. The molecule has 1 aliphatic heterocycles. The lowest BCUT2D eigenvalue weighted by molar-refractivity contribution is 0.102. The van der Waals surface area contributed by atoms with Gasteiger partial charge >= 0.3 is 0 Å². The molecule has 0 fully saturated rings. The number of hydrogen-bond donors (Lipinski definition) is 1. The molecule has 8 heteroatoms. The van der Waals surface area contributed by atoms with E-state index in [1.165, 1.54) is 11.3 Å². The molecule has 30 heavy (non-hydrogen) atoms. The number of aromatic nitrogens is 3. The van der Waals surface area contributed by atoms with E-state index in [2.05, 4.69) is 15.3 Å². The van der Waals surface area contributed by atoms with Crippen LogP contribution in [0, 0.1) is 6.92 Å². The van der Waals surface area contributed by atoms with Crippen molar-refractivity contribution < 1.29 is 4.79 Å². The minimum absolute atomic E-state index is 0.0406. The molecule has 0 spiro atoms. The van der Waals surface area contributed by atoms with Crippen LogP contribution in [0.5, 0.6) is 0 Å². The SMILES string of the molecule is Cc1sc(NC(=O)c2ccc3c(=O)n4c(nc3c2)CCC4)nc1-c1cccc(Cl)c1. The molecule has 0 unspecified atom stereocenters. The molecule has 1 N–H and O–H groups in total. The molecule has 3 heterocycles. The lowest BCUT2D eigenvalue weighted by atomic mass is 10.1. The largest absolute Gasteiger partial charge is 0.298 e. The van der Waals surface area contributed by atoms with Crippen LogP contribution in [-0.4, -0.2) is 20.4 Å². The minimum atomic E-state index is -0.286. The van der Waals surface area contributed by atoms with E-state index in [0.717, 1.165) is 34.8 Å². The molecule has 0 saturated heterocycles. The number of benzene rings is 2. The van der Waals surface area contributed by atoms with Gasteiger partial charge in [-0.15, -0.1) is 11.3 Å². The first-order valence-electron chi connectivity index (χ1n) is 9.58. The maximum absolute atomic E-state index is 12.8. The summed E-state index contributed by atoms with van der Waals surface area (Å²) >= 11 is 7.49. The van der Waals surface area contributed by atoms with Gasteiger partial charge in [0, 0.05) is 34.0 Å². The number of nitrogens with one attached hydrogen (secondary N) is 1. The molecule has 2 aromatic carbocycles. The lowest BCUT2D eigenvalue weighted by Crippen LogP contribution is -2.21. The maximum atomic E-state index is 12.8. The fourth-order valence-electron chi connectivity index (χ4n) is 3.75. The van der Waals surface area contributed by atoms with Gasteiger partial charge in [-0.2, -0.15) is 0 Å². The molecule has 1 amide bonds. The fourth-order valence-corrected chi connectivity index (χ4v) is 4.77. The number of rotatable bonds is 3. The van der Waals surface area contributed by atoms with Crippen LogP contribution in [-0.2, 0) is 13.0 Å². The minimum Gasteiger partial charge on any atom is -0.298 e. The summed E-state index contributed by atoms with van der Waals surface area (Å²) in [6.07, 6.45) is 1.70. The van der Waals surface area contributed by atoms with Gasteiger partial charge in [-0.25, -0.2) is 9.97 Å². The Bertz CT molecular complexity index is 1380. The van der Waals surface area contributed by atoms with Gasteiger partial charge in [-0.1, -0.05) is 23.7 Å². The first-order valence-corrected chi connectivity index (χ1v) is 10.8. The van der Waals surface area contributed by atoms with Crippen LogP contribution in [0.2, 0.25) is 5.02 Å². The number of hydrogen-bond acceptors (Lipinski definition) is 5. The van der Waals surface area contributed by atoms with Crippen LogP contribution >= 0.6 is 22.9 Å². The van der Waals surface area contributed by atoms with Crippen molar-refractivity contribution in [2.24, 2.45) is 0 Å². The topological polar surface area (TPSA) is 76.9 Å². The molecule has 0 atom stereocenters. The van der Waals surface area contributed by atoms with Gasteiger partial charge in [0.05, 0.1) is 16.6 Å². The number of carbonyl (C=O) groups excluding carboxylic acids is 1. The Labute approximate surface area is 181 Å². The van der Waals surface area contributed by atoms with E-state index in [1.807, 2.05) is 31.2 Å². The zero-order valence-electron chi connectivity index (χ0n) is 16.1. The second-order valence-electron chi connectivity index (χ2n) is 7.21. The van der Waals surface area contributed by atoms with Gasteiger partial charge in [0.15, 0.2) is 5.13 Å². The van der Waals surface area contributed by atoms with Crippen molar-refractivity contribution in [3.8, 4) is 11.3 Å². The molecule has 0 bridgehead atoms. The van der Waals surface area contributed by atoms with Crippen molar-refractivity contribution in [1.82, 2.24) is 14.5 Å². The summed E-state index contributed by atoms with van der Waals surface area (Å²) in [4.78, 5) is 35.5. The molecule has 2 aromatic heterocycles. The Morgan fingerprint density at radius 3 is 2.90 bits per heavy atom. The molecular weight excluding hydrogens is 420 g/mol. The van der Waals surface area contributed by atoms with E-state index in [1.54, 1.807) is 22.8 Å². The first-order chi connectivity index (χ1) is 14.5. The normalized spacial score (nSPS) is 12.9. The molecule has 5 rings (SSSR count). The van der Waals surface area contributed by atoms with E-state index in [4.69, 9.17) is 11.6 Å². The molecule has 1 aliphatic rings. The smallest absolute Gasteiger partial charge is 0.261 e. The second kappa shape index (κ2) is 7.34. The summed E-state index contributed by atoms with van der Waals surface area (Å²) in [5.74, 6) is 0.498. The van der Waals surface area contributed by atoms with Crippen molar-refractivity contribution in [1.29, 1.82) is 0 Å². The third-order valence-electron chi connectivity index (χ3n) is 5.19. The van der Waals surface area contributed by atoms with Crippen LogP contribution in [0.4, 0.5) is 5.13 Å². The zero-order valence-corrected chi connectivity index (χ0v) is 17.7. The first kappa shape index (κ1) is 19.0. The average molecular weight is 437 g/mol. The van der Waals surface area contributed by atoms with Gasteiger partial charge in [-0.05, 0) is 43.7 Å². The van der Waals surface area contributed by atoms with Crippen LogP contribution in [0.1, 0.15) is 27.5 Å². The monoisotopic (exact) mass is 436 g/mol. The van der Waals surface area contributed by atoms with Gasteiger partial charge < -0.3 is 0 Å². The Kier molecular flexibility index (Phi) is 4.64. The highest BCUT2D eigenvalue weighted by molar-refractivity contribution is 7.16. The highest BCUT2D eigenvalue weighted by atomic mass is 35.5. The molecule has 0 radical (unpaired) electrons. The summed E-state index contributed by atoms with van der Waals surface area (Å²) < 4.78 is 1.72. The van der Waals surface area contributed by atoms with Crippen molar-refractivity contribution in [2.75, 3.05) is 5.32 Å². The summed E-state index contributed by atoms with van der Waals surface area (Å²) in [5.41, 5.74) is 2.65. The average Bonchev–Trinajstić information content (AvgIpc) is 3.34. The molecule has 6 nitrogen and oxygen atoms in total. The van der Waals surface area contributed by atoms with Crippen molar-refractivity contribution in [2.45, 2.75) is 26.3 Å². The molecular formula is C22H17ClN4O2S. The van der Waals surface area contributed by atoms with Crippen LogP contribution in [0.3, 0.4) is 0 Å². The predicted octanol–water partition coefficient (Wildman–Crippen LogP) is 4.68. The van der Waals surface area contributed by atoms with Gasteiger partial charge in [0.2, 0.25) is 0 Å². The number of amides is 1. The number of anilines is 1. The predicted molar refractivity (Wildman–Crippen MR) is 120 cm³/mol. The Balaban J connectivity index is 1.44. The third-order valence-corrected chi connectivity index (χ3v) is 6.32. The van der Waals surface area contributed by atoms with Crippen molar-refractivity contribution >= 4 is 44.9 Å². The summed E-state index contributed by atoms with van der Waals surface area (Å²) in [7, 11) is 0. The van der Waals surface area contributed by atoms with E-state index in [-0.39, 0.29) is 11.5 Å². The van der Waals surface area contributed by atoms with Gasteiger partial charge in [0.25, 0.3) is 11.5 Å². The summed E-state index contributed by atoms with van der Waals surface area (Å²) in [6, 6.07) is 12.5. The third kappa shape index (κ3) is 3.30. The zero-order chi connectivity index (χ0) is 20.8. The van der Waals surface area contributed by atoms with Crippen LogP contribution < -0.4 is 10.9 Å². The summed E-state index contributed by atoms with van der Waals surface area (Å²) in [6.45, 7) is 2.66. The number of aryl methyl sites for hydroxylation is 2. The van der Waals surface area contributed by atoms with E-state index < -0.39 is 0 Å². The van der Waals surface area contributed by atoms with Crippen molar-refractivity contribution in [3.05, 3.63) is 74.1 Å². The number of fused-ring (bicyclic) bond motifs is 2. The lowest BCUT2D eigenvalue weighted by Gasteiger charge is -2.07. The molecule has 150 valence electrons. The highest BCUT2D eigenvalue weighted by Crippen LogP contribution is 2.31. The standard InChI is InChI=1S/C22H17ClN4O2S/c1-12-19(13-4-2-5-15(23)10-13)25-22(30-12)26-20(28)14-7-8-16-17(11-14)24-18-6-3-9-27(18)21(16)29/h2,4-5,7-8,10-11H,3,6,9H2,1H3,(H,25,26,28). The van der Waals surface area contributed by atoms with E-state index >= 15 is 0 Å². The van der Waals surface area contributed by atoms with Crippen LogP contribution in [0.15, 0.2) is 47.3 Å². The molecule has 0 aliphatic carbocycles. The molecule has 0 saturated carbocycles. The van der Waals surface area contributed by atoms with Gasteiger partial charge in [-0.3, -0.25) is 19.5 Å². The number of halogens is 1. The number of thiazole rings is 1. The Morgan fingerprint density at radius 2 is 2.07 bits per heavy atom. The Hall–Kier alpha value is -3.03. The Morgan fingerprint density at radius 1 is 1.20 bits per heavy atom. The second-order valence-corrected chi connectivity index (χ2v) is 8.85. The van der Waals surface area contributed by atoms with Crippen molar-refractivity contribution in [3.63, 3.8) is 0 Å². The number of nitrogens with zero attached hydrogens (tertiary/aromatic N) is 3. The fraction of sp³-hybridized carbons (Fsp3) is 0.182. The van der Waals surface area contributed by atoms with E-state index in [9.17, 15) is 9.59 Å². The highest BCUT2D eigenvalue weighted by Gasteiger charge is 2.18.